The van der Waals surface area contributed by atoms with Crippen molar-refractivity contribution in [3.8, 4) is 0 Å². The van der Waals surface area contributed by atoms with Gasteiger partial charge in [-0.1, -0.05) is 70.0 Å². The molecule has 3 heteroatoms. The maximum atomic E-state index is 5.01. The second-order valence-electron chi connectivity index (χ2n) is 6.25. The molecule has 0 N–H and O–H groups in total. The predicted octanol–water partition coefficient (Wildman–Crippen LogP) is 7.12. The minimum Gasteiger partial charge on any atom is -0.252 e. The third-order valence-electron chi connectivity index (χ3n) is 4.40. The van der Waals surface area contributed by atoms with Crippen LogP contribution in [0.3, 0.4) is 0 Å². The molecule has 4 rings (SSSR count). The van der Waals surface area contributed by atoms with Crippen molar-refractivity contribution in [1.29, 1.82) is 0 Å². The highest BCUT2D eigenvalue weighted by molar-refractivity contribution is 9.10. The summed E-state index contributed by atoms with van der Waals surface area (Å²) < 4.78 is 1.09. The molecule has 1 aliphatic rings. The van der Waals surface area contributed by atoms with E-state index < -0.39 is 0 Å². The van der Waals surface area contributed by atoms with Gasteiger partial charge in [0.15, 0.2) is 0 Å². The Morgan fingerprint density at radius 1 is 0.920 bits per heavy atom. The van der Waals surface area contributed by atoms with E-state index in [0.29, 0.717) is 5.25 Å². The Morgan fingerprint density at radius 3 is 2.40 bits per heavy atom. The van der Waals surface area contributed by atoms with Gasteiger partial charge in [-0.15, -0.1) is 11.8 Å². The molecule has 1 nitrogen and oxygen atoms in total. The van der Waals surface area contributed by atoms with E-state index >= 15 is 0 Å². The Labute approximate surface area is 161 Å². The second-order valence-corrected chi connectivity index (χ2v) is 8.41. The molecule has 0 aromatic heterocycles. The van der Waals surface area contributed by atoms with Gasteiger partial charge in [-0.05, 0) is 42.3 Å². The number of fused-ring (bicyclic) bond motifs is 1. The third-order valence-corrected chi connectivity index (χ3v) is 6.25. The van der Waals surface area contributed by atoms with Crippen molar-refractivity contribution >= 4 is 39.1 Å². The number of aryl methyl sites for hydroxylation is 1. The van der Waals surface area contributed by atoms with Gasteiger partial charge >= 0.3 is 0 Å². The average Bonchev–Trinajstić information content (AvgIpc) is 2.82. The summed E-state index contributed by atoms with van der Waals surface area (Å²) in [5.74, 6) is 0. The van der Waals surface area contributed by atoms with E-state index in [1.165, 1.54) is 21.6 Å². The Morgan fingerprint density at radius 2 is 1.64 bits per heavy atom. The zero-order valence-corrected chi connectivity index (χ0v) is 16.3. The van der Waals surface area contributed by atoms with Gasteiger partial charge in [0.25, 0.3) is 0 Å². The van der Waals surface area contributed by atoms with Gasteiger partial charge in [-0.2, -0.15) is 0 Å². The van der Waals surface area contributed by atoms with Gasteiger partial charge in [0, 0.05) is 26.8 Å². The molecule has 0 aliphatic carbocycles. The van der Waals surface area contributed by atoms with E-state index in [0.717, 1.165) is 22.3 Å². The fourth-order valence-electron chi connectivity index (χ4n) is 3.00. The molecular weight excluding hydrogens is 390 g/mol. The molecule has 0 saturated heterocycles. The topological polar surface area (TPSA) is 12.4 Å². The second kappa shape index (κ2) is 7.19. The monoisotopic (exact) mass is 407 g/mol. The molecule has 25 heavy (non-hydrogen) atoms. The standard InChI is InChI=1S/C22H18BrNS/c1-15-6-8-17(9-7-15)22-14-20(16-10-12-18(23)13-11-16)24-19-4-2-3-5-21(19)25-22/h2-13,22H,14H2,1H3/t22-/m0/s1. The predicted molar refractivity (Wildman–Crippen MR) is 111 cm³/mol. The normalized spacial score (nSPS) is 16.7. The molecule has 1 aliphatic heterocycles. The molecule has 0 bridgehead atoms. The Kier molecular flexibility index (Phi) is 4.78. The molecule has 124 valence electrons. The maximum Gasteiger partial charge on any atom is 0.0769 e. The van der Waals surface area contributed by atoms with E-state index in [4.69, 9.17) is 4.99 Å². The number of thioether (sulfide) groups is 1. The number of rotatable bonds is 2. The quantitative estimate of drug-likeness (QED) is 0.440. The largest absolute Gasteiger partial charge is 0.252 e. The summed E-state index contributed by atoms with van der Waals surface area (Å²) in [6.07, 6.45) is 0.921. The van der Waals surface area contributed by atoms with Crippen LogP contribution in [-0.2, 0) is 0 Å². The Balaban J connectivity index is 1.78. The fraction of sp³-hybridized carbons (Fsp3) is 0.136. The van der Waals surface area contributed by atoms with Crippen LogP contribution >= 0.6 is 27.7 Å². The molecule has 1 heterocycles. The van der Waals surface area contributed by atoms with Crippen molar-refractivity contribution in [1.82, 2.24) is 0 Å². The zero-order valence-electron chi connectivity index (χ0n) is 13.9. The van der Waals surface area contributed by atoms with Gasteiger partial charge in [-0.25, -0.2) is 0 Å². The van der Waals surface area contributed by atoms with Crippen LogP contribution in [0.1, 0.15) is 28.4 Å². The van der Waals surface area contributed by atoms with Gasteiger partial charge in [0.05, 0.1) is 5.69 Å². The van der Waals surface area contributed by atoms with Crippen molar-refractivity contribution in [2.24, 2.45) is 4.99 Å². The summed E-state index contributed by atoms with van der Waals surface area (Å²) in [5.41, 5.74) is 6.06. The van der Waals surface area contributed by atoms with Crippen LogP contribution in [0.4, 0.5) is 5.69 Å². The first kappa shape index (κ1) is 16.6. The molecule has 3 aromatic rings. The molecular formula is C22H18BrNS. The van der Waals surface area contributed by atoms with Crippen LogP contribution in [0.25, 0.3) is 0 Å². The smallest absolute Gasteiger partial charge is 0.0769 e. The summed E-state index contributed by atoms with van der Waals surface area (Å²) in [7, 11) is 0. The molecule has 0 radical (unpaired) electrons. The first-order valence-corrected chi connectivity index (χ1v) is 10.0. The van der Waals surface area contributed by atoms with Crippen LogP contribution < -0.4 is 0 Å². The van der Waals surface area contributed by atoms with E-state index in [-0.39, 0.29) is 0 Å². The highest BCUT2D eigenvalue weighted by Crippen LogP contribution is 2.45. The summed E-state index contributed by atoms with van der Waals surface area (Å²) >= 11 is 5.44. The number of hydrogen-bond donors (Lipinski definition) is 0. The SMILES string of the molecule is Cc1ccc([C@@H]2CC(c3ccc(Br)cc3)=Nc3ccccc3S2)cc1. The number of hydrogen-bond acceptors (Lipinski definition) is 2. The lowest BCUT2D eigenvalue weighted by atomic mass is 10.0. The molecule has 0 amide bonds. The van der Waals surface area contributed by atoms with Crippen molar-refractivity contribution < 1.29 is 0 Å². The number of para-hydroxylation sites is 1. The number of benzene rings is 3. The molecule has 0 unspecified atom stereocenters. The summed E-state index contributed by atoms with van der Waals surface area (Å²) in [6.45, 7) is 2.13. The van der Waals surface area contributed by atoms with Crippen LogP contribution in [0.15, 0.2) is 87.2 Å². The van der Waals surface area contributed by atoms with Crippen LogP contribution in [-0.4, -0.2) is 5.71 Å². The minimum atomic E-state index is 0.367. The molecule has 3 aromatic carbocycles. The Bertz CT molecular complexity index is 914. The van der Waals surface area contributed by atoms with E-state index in [1.54, 1.807) is 0 Å². The number of nitrogens with zero attached hydrogens (tertiary/aromatic N) is 1. The van der Waals surface area contributed by atoms with Crippen molar-refractivity contribution in [2.75, 3.05) is 0 Å². The highest BCUT2D eigenvalue weighted by Gasteiger charge is 2.22. The van der Waals surface area contributed by atoms with Crippen LogP contribution in [0, 0.1) is 6.92 Å². The van der Waals surface area contributed by atoms with Crippen molar-refractivity contribution in [3.05, 3.63) is 94.0 Å². The average molecular weight is 408 g/mol. The van der Waals surface area contributed by atoms with E-state index in [1.807, 2.05) is 11.8 Å². The fourth-order valence-corrected chi connectivity index (χ4v) is 4.50. The third kappa shape index (κ3) is 3.73. The zero-order chi connectivity index (χ0) is 17.2. The summed E-state index contributed by atoms with van der Waals surface area (Å²) in [6, 6.07) is 25.8. The minimum absolute atomic E-state index is 0.367. The van der Waals surface area contributed by atoms with Gasteiger partial charge in [0.2, 0.25) is 0 Å². The molecule has 0 saturated carbocycles. The molecule has 0 fully saturated rings. The maximum absolute atomic E-state index is 5.01. The number of halogens is 1. The summed E-state index contributed by atoms with van der Waals surface area (Å²) in [5, 5.41) is 0.367. The van der Waals surface area contributed by atoms with Crippen molar-refractivity contribution in [3.63, 3.8) is 0 Å². The first-order chi connectivity index (χ1) is 12.2. The van der Waals surface area contributed by atoms with Crippen LogP contribution in [0.2, 0.25) is 0 Å². The van der Waals surface area contributed by atoms with Crippen molar-refractivity contribution in [2.45, 2.75) is 23.5 Å². The highest BCUT2D eigenvalue weighted by atomic mass is 79.9. The lowest BCUT2D eigenvalue weighted by Crippen LogP contribution is -2.05. The molecule has 0 spiro atoms. The van der Waals surface area contributed by atoms with Crippen LogP contribution in [0.5, 0.6) is 0 Å². The first-order valence-electron chi connectivity index (χ1n) is 8.35. The lowest BCUT2D eigenvalue weighted by molar-refractivity contribution is 1.01. The van der Waals surface area contributed by atoms with Gasteiger partial charge in [0.1, 0.15) is 0 Å². The summed E-state index contributed by atoms with van der Waals surface area (Å²) in [4.78, 5) is 6.26. The number of aliphatic imine (C=N–C) groups is 1. The van der Waals surface area contributed by atoms with E-state index in [9.17, 15) is 0 Å². The molecule has 1 atom stereocenters. The lowest BCUT2D eigenvalue weighted by Gasteiger charge is -2.16. The van der Waals surface area contributed by atoms with E-state index in [2.05, 4.69) is 95.7 Å². The van der Waals surface area contributed by atoms with Gasteiger partial charge in [-0.3, -0.25) is 4.99 Å². The Hall–Kier alpha value is -1.84. The van der Waals surface area contributed by atoms with Gasteiger partial charge < -0.3 is 0 Å².